The van der Waals surface area contributed by atoms with Crippen molar-refractivity contribution in [2.24, 2.45) is 0 Å². The van der Waals surface area contributed by atoms with Crippen molar-refractivity contribution >= 4 is 10.8 Å². The highest BCUT2D eigenvalue weighted by Crippen LogP contribution is 2.33. The third kappa shape index (κ3) is 1.94. The highest BCUT2D eigenvalue weighted by Gasteiger charge is 2.09. The van der Waals surface area contributed by atoms with E-state index in [1.54, 1.807) is 0 Å². The Hall–Kier alpha value is -2.08. The fourth-order valence-electron chi connectivity index (χ4n) is 2.94. The van der Waals surface area contributed by atoms with E-state index in [1.807, 2.05) is 0 Å². The van der Waals surface area contributed by atoms with Crippen molar-refractivity contribution in [1.29, 1.82) is 0 Å². The molecule has 94 valence electrons. The standard InChI is InChI=1S/C19H18/c1-13-7-6-8-14(2)19(13)18-12-11-16-9-4-5-10-17(16)15(18)3/h4-12H,1-3H3. The predicted molar refractivity (Wildman–Crippen MR) is 83.6 cm³/mol. The molecule has 0 atom stereocenters. The van der Waals surface area contributed by atoms with Crippen molar-refractivity contribution in [3.63, 3.8) is 0 Å². The number of hydrogen-bond acceptors (Lipinski definition) is 0. The SMILES string of the molecule is Cc1cccc(C)c1-c1ccc2ccccc2c1C. The summed E-state index contributed by atoms with van der Waals surface area (Å²) < 4.78 is 0. The fraction of sp³-hybridized carbons (Fsp3) is 0.158. The van der Waals surface area contributed by atoms with Crippen molar-refractivity contribution < 1.29 is 0 Å². The lowest BCUT2D eigenvalue weighted by atomic mass is 9.90. The van der Waals surface area contributed by atoms with Crippen LogP contribution in [0.3, 0.4) is 0 Å². The predicted octanol–water partition coefficient (Wildman–Crippen LogP) is 5.43. The van der Waals surface area contributed by atoms with Crippen LogP contribution in [0.5, 0.6) is 0 Å². The molecule has 0 radical (unpaired) electrons. The lowest BCUT2D eigenvalue weighted by molar-refractivity contribution is 1.36. The molecule has 0 aliphatic carbocycles. The quantitative estimate of drug-likeness (QED) is 0.537. The highest BCUT2D eigenvalue weighted by atomic mass is 14.1. The molecule has 0 saturated heterocycles. The fourth-order valence-corrected chi connectivity index (χ4v) is 2.94. The van der Waals surface area contributed by atoms with Crippen molar-refractivity contribution in [2.75, 3.05) is 0 Å². The molecule has 0 bridgehead atoms. The maximum absolute atomic E-state index is 2.26. The molecule has 3 rings (SSSR count). The van der Waals surface area contributed by atoms with Crippen molar-refractivity contribution in [3.05, 3.63) is 71.3 Å². The second-order valence-corrected chi connectivity index (χ2v) is 5.23. The van der Waals surface area contributed by atoms with Crippen LogP contribution in [0.1, 0.15) is 16.7 Å². The molecule has 0 aliphatic rings. The summed E-state index contributed by atoms with van der Waals surface area (Å²) in [5.74, 6) is 0. The number of hydrogen-bond donors (Lipinski definition) is 0. The maximum Gasteiger partial charge on any atom is -0.0123 e. The van der Waals surface area contributed by atoms with E-state index < -0.39 is 0 Å². The molecule has 3 aromatic rings. The van der Waals surface area contributed by atoms with Gasteiger partial charge in [-0.1, -0.05) is 54.6 Å². The molecule has 0 N–H and O–H groups in total. The summed E-state index contributed by atoms with van der Waals surface area (Å²) in [4.78, 5) is 0. The molecule has 0 saturated carbocycles. The second kappa shape index (κ2) is 4.55. The van der Waals surface area contributed by atoms with E-state index in [-0.39, 0.29) is 0 Å². The molecule has 0 heterocycles. The average molecular weight is 246 g/mol. The lowest BCUT2D eigenvalue weighted by Gasteiger charge is -2.14. The van der Waals surface area contributed by atoms with Gasteiger partial charge in [0.25, 0.3) is 0 Å². The van der Waals surface area contributed by atoms with E-state index in [0.29, 0.717) is 0 Å². The minimum Gasteiger partial charge on any atom is -0.0617 e. The Morgan fingerprint density at radius 3 is 2.05 bits per heavy atom. The Bertz CT molecular complexity index is 731. The van der Waals surface area contributed by atoms with E-state index in [1.165, 1.54) is 38.6 Å². The first-order valence-electron chi connectivity index (χ1n) is 6.73. The van der Waals surface area contributed by atoms with Crippen LogP contribution in [0.4, 0.5) is 0 Å². The summed E-state index contributed by atoms with van der Waals surface area (Å²) in [6.07, 6.45) is 0. The van der Waals surface area contributed by atoms with Crippen LogP contribution in [0.25, 0.3) is 21.9 Å². The summed E-state index contributed by atoms with van der Waals surface area (Å²) in [6, 6.07) is 19.6. The highest BCUT2D eigenvalue weighted by molar-refractivity contribution is 5.92. The van der Waals surface area contributed by atoms with E-state index in [0.717, 1.165) is 0 Å². The first-order chi connectivity index (χ1) is 9.18. The van der Waals surface area contributed by atoms with Gasteiger partial charge in [0.15, 0.2) is 0 Å². The van der Waals surface area contributed by atoms with Gasteiger partial charge in [-0.3, -0.25) is 0 Å². The first kappa shape index (κ1) is 12.0. The monoisotopic (exact) mass is 246 g/mol. The van der Waals surface area contributed by atoms with Gasteiger partial charge in [-0.25, -0.2) is 0 Å². The van der Waals surface area contributed by atoms with Gasteiger partial charge in [0.2, 0.25) is 0 Å². The van der Waals surface area contributed by atoms with Crippen LogP contribution in [0, 0.1) is 20.8 Å². The van der Waals surface area contributed by atoms with Gasteiger partial charge < -0.3 is 0 Å². The lowest BCUT2D eigenvalue weighted by Crippen LogP contribution is -1.91. The van der Waals surface area contributed by atoms with Gasteiger partial charge in [0.05, 0.1) is 0 Å². The maximum atomic E-state index is 2.26. The molecule has 3 aromatic carbocycles. The Kier molecular flexibility index (Phi) is 2.87. The zero-order valence-corrected chi connectivity index (χ0v) is 11.7. The number of benzene rings is 3. The summed E-state index contributed by atoms with van der Waals surface area (Å²) in [7, 11) is 0. The van der Waals surface area contributed by atoms with E-state index in [2.05, 4.69) is 75.4 Å². The average Bonchev–Trinajstić information content (AvgIpc) is 2.41. The number of rotatable bonds is 1. The molecule has 0 fully saturated rings. The zero-order chi connectivity index (χ0) is 13.4. The Morgan fingerprint density at radius 1 is 0.632 bits per heavy atom. The minimum atomic E-state index is 1.31. The molecule has 0 nitrogen and oxygen atoms in total. The van der Waals surface area contributed by atoms with Crippen LogP contribution in [0.15, 0.2) is 54.6 Å². The molecular weight excluding hydrogens is 228 g/mol. The number of fused-ring (bicyclic) bond motifs is 1. The van der Waals surface area contributed by atoms with E-state index >= 15 is 0 Å². The Balaban J connectivity index is 2.35. The van der Waals surface area contributed by atoms with Crippen LogP contribution in [-0.2, 0) is 0 Å². The van der Waals surface area contributed by atoms with Gasteiger partial charge in [0, 0.05) is 0 Å². The molecule has 0 aromatic heterocycles. The molecule has 0 heteroatoms. The van der Waals surface area contributed by atoms with Gasteiger partial charge in [-0.15, -0.1) is 0 Å². The van der Waals surface area contributed by atoms with Crippen LogP contribution < -0.4 is 0 Å². The second-order valence-electron chi connectivity index (χ2n) is 5.23. The topological polar surface area (TPSA) is 0 Å². The zero-order valence-electron chi connectivity index (χ0n) is 11.7. The van der Waals surface area contributed by atoms with Crippen molar-refractivity contribution in [1.82, 2.24) is 0 Å². The van der Waals surface area contributed by atoms with Crippen LogP contribution in [0.2, 0.25) is 0 Å². The van der Waals surface area contributed by atoms with Crippen LogP contribution in [-0.4, -0.2) is 0 Å². The third-order valence-electron chi connectivity index (χ3n) is 3.95. The van der Waals surface area contributed by atoms with Gasteiger partial charge in [-0.2, -0.15) is 0 Å². The third-order valence-corrected chi connectivity index (χ3v) is 3.95. The smallest absolute Gasteiger partial charge is 0.0123 e. The molecule has 0 aliphatic heterocycles. The normalized spacial score (nSPS) is 10.9. The molecular formula is C19H18. The Morgan fingerprint density at radius 2 is 1.32 bits per heavy atom. The molecule has 0 spiro atoms. The summed E-state index contributed by atoms with van der Waals surface area (Å²) >= 11 is 0. The van der Waals surface area contributed by atoms with Gasteiger partial charge in [0.1, 0.15) is 0 Å². The Labute approximate surface area is 114 Å². The molecule has 0 amide bonds. The summed E-state index contributed by atoms with van der Waals surface area (Å²) in [6.45, 7) is 6.61. The van der Waals surface area contributed by atoms with Crippen molar-refractivity contribution in [3.8, 4) is 11.1 Å². The number of aryl methyl sites for hydroxylation is 3. The minimum absolute atomic E-state index is 1.31. The summed E-state index contributed by atoms with van der Waals surface area (Å²) in [5.41, 5.74) is 6.80. The van der Waals surface area contributed by atoms with Crippen molar-refractivity contribution in [2.45, 2.75) is 20.8 Å². The van der Waals surface area contributed by atoms with Crippen LogP contribution >= 0.6 is 0 Å². The molecule has 19 heavy (non-hydrogen) atoms. The largest absolute Gasteiger partial charge is 0.0617 e. The van der Waals surface area contributed by atoms with Gasteiger partial charge in [-0.05, 0) is 59.4 Å². The van der Waals surface area contributed by atoms with E-state index in [4.69, 9.17) is 0 Å². The van der Waals surface area contributed by atoms with E-state index in [9.17, 15) is 0 Å². The molecule has 0 unspecified atom stereocenters. The first-order valence-corrected chi connectivity index (χ1v) is 6.73. The summed E-state index contributed by atoms with van der Waals surface area (Å²) in [5, 5.41) is 2.66. The van der Waals surface area contributed by atoms with Gasteiger partial charge >= 0.3 is 0 Å².